The van der Waals surface area contributed by atoms with Crippen LogP contribution in [0.5, 0.6) is 0 Å². The Morgan fingerprint density at radius 1 is 1.74 bits per heavy atom. The molecule has 1 aliphatic rings. The molecule has 0 aromatic carbocycles. The van der Waals surface area contributed by atoms with E-state index in [2.05, 4.69) is 15.4 Å². The number of carboxylic acid groups (broad SMARTS) is 1. The van der Waals surface area contributed by atoms with Crippen LogP contribution in [0.4, 0.5) is 0 Å². The first-order chi connectivity index (χ1) is 9.07. The summed E-state index contributed by atoms with van der Waals surface area (Å²) in [6.45, 7) is 2.79. The molecule has 1 aliphatic carbocycles. The molecule has 6 nitrogen and oxygen atoms in total. The molecule has 2 N–H and O–H groups in total. The largest absolute Gasteiger partial charge is 0.480 e. The number of carbonyl (C=O) groups is 1. The van der Waals surface area contributed by atoms with Crippen LogP contribution >= 0.6 is 11.8 Å². The number of thioether (sulfide) groups is 1. The van der Waals surface area contributed by atoms with Gasteiger partial charge in [-0.05, 0) is 32.2 Å². The molecule has 0 spiro atoms. The third-order valence-corrected chi connectivity index (χ3v) is 4.85. The van der Waals surface area contributed by atoms with Crippen LogP contribution in [-0.4, -0.2) is 43.2 Å². The van der Waals surface area contributed by atoms with Crippen LogP contribution in [0.2, 0.25) is 0 Å². The van der Waals surface area contributed by atoms with Crippen LogP contribution in [0.25, 0.3) is 0 Å². The van der Waals surface area contributed by atoms with E-state index in [9.17, 15) is 9.90 Å². The van der Waals surface area contributed by atoms with E-state index in [1.54, 1.807) is 16.4 Å². The van der Waals surface area contributed by atoms with Crippen molar-refractivity contribution in [3.05, 3.63) is 6.33 Å². The molecule has 106 valence electrons. The molecular weight excluding hydrogens is 264 g/mol. The summed E-state index contributed by atoms with van der Waals surface area (Å²) in [6.07, 6.45) is 4.67. The van der Waals surface area contributed by atoms with E-state index in [0.29, 0.717) is 12.8 Å². The third-order valence-electron chi connectivity index (χ3n) is 3.53. The minimum Gasteiger partial charge on any atom is -0.480 e. The van der Waals surface area contributed by atoms with Gasteiger partial charge in [-0.3, -0.25) is 4.79 Å². The van der Waals surface area contributed by atoms with Crippen molar-refractivity contribution in [2.24, 2.45) is 7.05 Å². The molecule has 19 heavy (non-hydrogen) atoms. The first kappa shape index (κ1) is 14.3. The predicted molar refractivity (Wildman–Crippen MR) is 73.2 cm³/mol. The zero-order chi connectivity index (χ0) is 13.9. The summed E-state index contributed by atoms with van der Waals surface area (Å²) in [7, 11) is 1.85. The van der Waals surface area contributed by atoms with E-state index < -0.39 is 11.5 Å². The van der Waals surface area contributed by atoms with E-state index in [-0.39, 0.29) is 5.25 Å². The summed E-state index contributed by atoms with van der Waals surface area (Å²) in [4.78, 5) is 15.7. The van der Waals surface area contributed by atoms with E-state index >= 15 is 0 Å². The van der Waals surface area contributed by atoms with Gasteiger partial charge >= 0.3 is 5.97 Å². The van der Waals surface area contributed by atoms with Gasteiger partial charge < -0.3 is 10.4 Å². The van der Waals surface area contributed by atoms with Crippen LogP contribution in [0.15, 0.2) is 11.5 Å². The monoisotopic (exact) mass is 284 g/mol. The number of aromatic nitrogens is 3. The molecule has 0 aliphatic heterocycles. The molecule has 1 heterocycles. The number of aryl methyl sites for hydroxylation is 1. The molecule has 2 unspecified atom stereocenters. The second kappa shape index (κ2) is 5.92. The Labute approximate surface area is 117 Å². The Balaban J connectivity index is 2.00. The number of rotatable bonds is 6. The van der Waals surface area contributed by atoms with Crippen molar-refractivity contribution in [3.8, 4) is 0 Å². The molecule has 0 saturated heterocycles. The van der Waals surface area contributed by atoms with Crippen molar-refractivity contribution in [2.45, 2.75) is 48.6 Å². The van der Waals surface area contributed by atoms with Gasteiger partial charge in [-0.15, -0.1) is 0 Å². The highest BCUT2D eigenvalue weighted by Crippen LogP contribution is 2.39. The Kier molecular flexibility index (Phi) is 4.46. The second-order valence-corrected chi connectivity index (χ2v) is 6.23. The lowest BCUT2D eigenvalue weighted by Gasteiger charge is -2.25. The molecule has 1 aromatic heterocycles. The molecule has 1 saturated carbocycles. The summed E-state index contributed by atoms with van der Waals surface area (Å²) in [5.74, 6) is -0.734. The number of hydrogen-bond donors (Lipinski definition) is 2. The first-order valence-corrected chi connectivity index (χ1v) is 7.44. The SMILES string of the molecule is CCCNC1(C(=O)O)CCC(Sc2ncnn2C)C1. The average molecular weight is 284 g/mol. The molecule has 7 heteroatoms. The summed E-state index contributed by atoms with van der Waals surface area (Å²) in [5, 5.41) is 17.9. The van der Waals surface area contributed by atoms with Crippen molar-refractivity contribution in [1.82, 2.24) is 20.1 Å². The average Bonchev–Trinajstić information content (AvgIpc) is 2.96. The molecule has 2 rings (SSSR count). The molecule has 0 bridgehead atoms. The molecule has 0 amide bonds. The maximum Gasteiger partial charge on any atom is 0.323 e. The van der Waals surface area contributed by atoms with Crippen LogP contribution in [0.1, 0.15) is 32.6 Å². The highest BCUT2D eigenvalue weighted by Gasteiger charge is 2.45. The summed E-state index contributed by atoms with van der Waals surface area (Å²) in [6, 6.07) is 0. The summed E-state index contributed by atoms with van der Waals surface area (Å²) >= 11 is 1.62. The summed E-state index contributed by atoms with van der Waals surface area (Å²) < 4.78 is 1.73. The van der Waals surface area contributed by atoms with Crippen molar-refractivity contribution < 1.29 is 9.90 Å². The second-order valence-electron chi connectivity index (χ2n) is 4.96. The molecule has 2 atom stereocenters. The normalized spacial score (nSPS) is 26.7. The Morgan fingerprint density at radius 3 is 3.11 bits per heavy atom. The lowest BCUT2D eigenvalue weighted by atomic mass is 9.98. The lowest BCUT2D eigenvalue weighted by Crippen LogP contribution is -2.50. The first-order valence-electron chi connectivity index (χ1n) is 6.56. The zero-order valence-electron chi connectivity index (χ0n) is 11.3. The third kappa shape index (κ3) is 3.09. The van der Waals surface area contributed by atoms with Gasteiger partial charge in [-0.1, -0.05) is 18.7 Å². The van der Waals surface area contributed by atoms with Crippen molar-refractivity contribution >= 4 is 17.7 Å². The smallest absolute Gasteiger partial charge is 0.323 e. The highest BCUT2D eigenvalue weighted by atomic mass is 32.2. The van der Waals surface area contributed by atoms with Gasteiger partial charge in [0.25, 0.3) is 0 Å². The fraction of sp³-hybridized carbons (Fsp3) is 0.750. The number of hydrogen-bond acceptors (Lipinski definition) is 5. The Bertz CT molecular complexity index is 451. The fourth-order valence-electron chi connectivity index (χ4n) is 2.44. The van der Waals surface area contributed by atoms with Gasteiger partial charge in [0.15, 0.2) is 5.16 Å². The van der Waals surface area contributed by atoms with E-state index in [4.69, 9.17) is 0 Å². The lowest BCUT2D eigenvalue weighted by molar-refractivity contribution is -0.144. The van der Waals surface area contributed by atoms with E-state index in [1.807, 2.05) is 14.0 Å². The minimum absolute atomic E-state index is 0.281. The Hall–Kier alpha value is -1.08. The number of nitrogens with one attached hydrogen (secondary N) is 1. The van der Waals surface area contributed by atoms with Crippen molar-refractivity contribution in [3.63, 3.8) is 0 Å². The predicted octanol–water partition coefficient (Wildman–Crippen LogP) is 1.28. The van der Waals surface area contributed by atoms with Crippen LogP contribution in [0, 0.1) is 0 Å². The maximum absolute atomic E-state index is 11.5. The van der Waals surface area contributed by atoms with Crippen LogP contribution in [-0.2, 0) is 11.8 Å². The number of aliphatic carboxylic acids is 1. The van der Waals surface area contributed by atoms with E-state index in [1.165, 1.54) is 6.33 Å². The molecule has 1 fully saturated rings. The van der Waals surface area contributed by atoms with Gasteiger partial charge in [0.2, 0.25) is 0 Å². The van der Waals surface area contributed by atoms with Crippen LogP contribution in [0.3, 0.4) is 0 Å². The molecule has 0 radical (unpaired) electrons. The standard InChI is InChI=1S/C12H20N4O2S/c1-3-6-14-12(10(17)18)5-4-9(7-12)19-11-13-8-15-16(11)2/h8-9,14H,3-7H2,1-2H3,(H,17,18). The van der Waals surface area contributed by atoms with Gasteiger partial charge in [-0.2, -0.15) is 5.10 Å². The van der Waals surface area contributed by atoms with Crippen molar-refractivity contribution in [2.75, 3.05) is 6.54 Å². The van der Waals surface area contributed by atoms with Gasteiger partial charge in [0.1, 0.15) is 11.9 Å². The number of nitrogens with zero attached hydrogens (tertiary/aromatic N) is 3. The zero-order valence-corrected chi connectivity index (χ0v) is 12.1. The number of carboxylic acids is 1. The molecular formula is C12H20N4O2S. The van der Waals surface area contributed by atoms with E-state index in [0.717, 1.165) is 24.5 Å². The molecule has 1 aromatic rings. The van der Waals surface area contributed by atoms with Crippen molar-refractivity contribution in [1.29, 1.82) is 0 Å². The van der Waals surface area contributed by atoms with Gasteiger partial charge in [-0.25, -0.2) is 9.67 Å². The fourth-order valence-corrected chi connectivity index (χ4v) is 3.65. The summed E-state index contributed by atoms with van der Waals surface area (Å²) in [5.41, 5.74) is -0.758. The quantitative estimate of drug-likeness (QED) is 0.819. The highest BCUT2D eigenvalue weighted by molar-refractivity contribution is 7.99. The van der Waals surface area contributed by atoms with Gasteiger partial charge in [0.05, 0.1) is 0 Å². The van der Waals surface area contributed by atoms with Crippen LogP contribution < -0.4 is 5.32 Å². The Morgan fingerprint density at radius 2 is 2.53 bits per heavy atom. The minimum atomic E-state index is -0.758. The van der Waals surface area contributed by atoms with Gasteiger partial charge in [0, 0.05) is 12.3 Å². The maximum atomic E-state index is 11.5. The topological polar surface area (TPSA) is 80.0 Å².